The molecule has 0 unspecified atom stereocenters. The van der Waals surface area contributed by atoms with Gasteiger partial charge in [0.2, 0.25) is 0 Å². The van der Waals surface area contributed by atoms with Crippen molar-refractivity contribution in [1.29, 1.82) is 0 Å². The number of aromatic nitrogens is 2. The van der Waals surface area contributed by atoms with Crippen molar-refractivity contribution < 1.29 is 18.6 Å². The van der Waals surface area contributed by atoms with Crippen molar-refractivity contribution in [3.8, 4) is 11.4 Å². The highest BCUT2D eigenvalue weighted by Crippen LogP contribution is 2.28. The lowest BCUT2D eigenvalue weighted by atomic mass is 9.91. The summed E-state index contributed by atoms with van der Waals surface area (Å²) in [6, 6.07) is 3.27. The van der Waals surface area contributed by atoms with Crippen LogP contribution in [0.2, 0.25) is 5.02 Å². The summed E-state index contributed by atoms with van der Waals surface area (Å²) in [5.41, 5.74) is 1.89. The lowest BCUT2D eigenvalue weighted by Crippen LogP contribution is -2.23. The molecule has 0 aromatic carbocycles. The second-order valence-corrected chi connectivity index (χ2v) is 9.88. The Morgan fingerprint density at radius 3 is 2.51 bits per heavy atom. The molecule has 1 N–H and O–H groups in total. The van der Waals surface area contributed by atoms with Gasteiger partial charge in [-0.25, -0.2) is 8.78 Å². The summed E-state index contributed by atoms with van der Waals surface area (Å²) in [5.74, 6) is -1.59. The predicted molar refractivity (Wildman–Crippen MR) is 154 cm³/mol. The van der Waals surface area contributed by atoms with Crippen molar-refractivity contribution in [2.24, 2.45) is 10.4 Å². The first-order valence-corrected chi connectivity index (χ1v) is 12.6. The number of aliphatic hydroxyl groups excluding tert-OH is 1. The first kappa shape index (κ1) is 31.6. The molecule has 9 heteroatoms. The summed E-state index contributed by atoms with van der Waals surface area (Å²) >= 11 is 6.38. The monoisotopic (exact) mass is 557 g/mol. The predicted octanol–water partition coefficient (Wildman–Crippen LogP) is 7.06. The first-order chi connectivity index (χ1) is 18.3. The van der Waals surface area contributed by atoms with Crippen molar-refractivity contribution in [2.75, 3.05) is 13.2 Å². The van der Waals surface area contributed by atoms with Crippen molar-refractivity contribution in [2.45, 2.75) is 41.5 Å². The fourth-order valence-electron chi connectivity index (χ4n) is 3.25. The molecule has 0 saturated carbocycles. The van der Waals surface area contributed by atoms with Crippen molar-refractivity contribution >= 4 is 17.3 Å². The van der Waals surface area contributed by atoms with Gasteiger partial charge in [-0.3, -0.25) is 19.3 Å². The number of aliphatic hydroxyl groups is 1. The summed E-state index contributed by atoms with van der Waals surface area (Å²) in [7, 11) is 0. The van der Waals surface area contributed by atoms with Gasteiger partial charge in [-0.05, 0) is 45.4 Å². The van der Waals surface area contributed by atoms with Gasteiger partial charge in [0.25, 0.3) is 5.56 Å². The van der Waals surface area contributed by atoms with Crippen molar-refractivity contribution in [3.63, 3.8) is 0 Å². The van der Waals surface area contributed by atoms with Crippen LogP contribution in [0.4, 0.5) is 8.78 Å². The zero-order valence-electron chi connectivity index (χ0n) is 23.1. The van der Waals surface area contributed by atoms with Gasteiger partial charge in [0.1, 0.15) is 29.0 Å². The third kappa shape index (κ3) is 7.71. The zero-order valence-corrected chi connectivity index (χ0v) is 23.9. The topological polar surface area (TPSA) is 76.7 Å². The summed E-state index contributed by atoms with van der Waals surface area (Å²) in [6.45, 7) is 17.5. The molecule has 2 rings (SSSR count). The highest BCUT2D eigenvalue weighted by atomic mass is 35.5. The molecular weight excluding hydrogens is 524 g/mol. The fraction of sp³-hybridized carbons (Fsp3) is 0.300. The normalized spacial score (nSPS) is 13.2. The smallest absolute Gasteiger partial charge is 0.277 e. The second kappa shape index (κ2) is 13.4. The molecule has 0 aliphatic carbocycles. The van der Waals surface area contributed by atoms with Crippen LogP contribution in [0.3, 0.4) is 0 Å². The molecule has 2 aromatic heterocycles. The quantitative estimate of drug-likeness (QED) is 0.237. The lowest BCUT2D eigenvalue weighted by molar-refractivity contribution is 0.189. The van der Waals surface area contributed by atoms with Gasteiger partial charge >= 0.3 is 0 Å². The number of halogens is 3. The van der Waals surface area contributed by atoms with E-state index >= 15 is 0 Å². The Balaban J connectivity index is 2.53. The van der Waals surface area contributed by atoms with E-state index in [9.17, 15) is 18.7 Å². The highest BCUT2D eigenvalue weighted by molar-refractivity contribution is 6.31. The summed E-state index contributed by atoms with van der Waals surface area (Å²) in [5, 5.41) is 9.48. The van der Waals surface area contributed by atoms with Gasteiger partial charge in [0, 0.05) is 40.7 Å². The Morgan fingerprint density at radius 2 is 1.92 bits per heavy atom. The van der Waals surface area contributed by atoms with E-state index < -0.39 is 22.6 Å². The number of hydrogen-bond acceptors (Lipinski definition) is 5. The molecule has 2 heterocycles. The standard InChI is InChI=1S/C30H34ClF2N3O3/c1-9-11-24(35-21(6)30(7,8)17-37)25-14-26(18(3)15-34-25)36-20(5)12-27(28(31)29(36)38)39-16-19(4)23(33)13-22(32)10-2/h9-15,37H,4,6,16-17H2,1-3,5,7-8H3/b11-9-,22-10+,23-13+,35-24?. The molecule has 39 heavy (non-hydrogen) atoms. The maximum atomic E-state index is 14.1. The van der Waals surface area contributed by atoms with E-state index in [2.05, 4.69) is 23.1 Å². The zero-order chi connectivity index (χ0) is 29.5. The average molecular weight is 558 g/mol. The number of ether oxygens (including phenoxy) is 1. The average Bonchev–Trinajstić information content (AvgIpc) is 2.90. The van der Waals surface area contributed by atoms with Crippen LogP contribution in [0.1, 0.15) is 44.6 Å². The van der Waals surface area contributed by atoms with E-state index in [1.165, 1.54) is 11.5 Å². The minimum absolute atomic E-state index is 0.0431. The van der Waals surface area contributed by atoms with Gasteiger partial charge in [0.15, 0.2) is 0 Å². The molecule has 0 atom stereocenters. The van der Waals surface area contributed by atoms with E-state index in [0.717, 1.165) is 6.08 Å². The Hall–Kier alpha value is -3.62. The van der Waals surface area contributed by atoms with Gasteiger partial charge in [0.05, 0.1) is 23.7 Å². The van der Waals surface area contributed by atoms with Crippen LogP contribution < -0.4 is 10.3 Å². The van der Waals surface area contributed by atoms with Crippen LogP contribution in [0.15, 0.2) is 88.5 Å². The molecule has 0 bridgehead atoms. The highest BCUT2D eigenvalue weighted by Gasteiger charge is 2.22. The minimum atomic E-state index is -0.879. The van der Waals surface area contributed by atoms with E-state index in [1.54, 1.807) is 44.3 Å². The molecule has 6 nitrogen and oxygen atoms in total. The van der Waals surface area contributed by atoms with E-state index in [0.29, 0.717) is 40.1 Å². The first-order valence-electron chi connectivity index (χ1n) is 12.2. The van der Waals surface area contributed by atoms with Crippen LogP contribution in [0, 0.1) is 19.3 Å². The molecular formula is C30H34ClF2N3O3. The van der Waals surface area contributed by atoms with E-state index in [4.69, 9.17) is 16.3 Å². The minimum Gasteiger partial charge on any atom is -0.487 e. The maximum Gasteiger partial charge on any atom is 0.277 e. The molecule has 0 spiro atoms. The summed E-state index contributed by atoms with van der Waals surface area (Å²) in [6.07, 6.45) is 7.00. The molecule has 0 aliphatic rings. The van der Waals surface area contributed by atoms with Gasteiger partial charge < -0.3 is 9.84 Å². The number of hydrogen-bond donors (Lipinski definition) is 1. The van der Waals surface area contributed by atoms with Gasteiger partial charge in [-0.2, -0.15) is 0 Å². The van der Waals surface area contributed by atoms with Gasteiger partial charge in [-0.15, -0.1) is 0 Å². The number of nitrogens with zero attached hydrogens (tertiary/aromatic N) is 3. The maximum absolute atomic E-state index is 14.1. The lowest BCUT2D eigenvalue weighted by Gasteiger charge is -2.22. The Morgan fingerprint density at radius 1 is 1.26 bits per heavy atom. The molecule has 0 aliphatic heterocycles. The molecule has 0 saturated heterocycles. The SMILES string of the molecule is C=C(COc1cc(C)n(-c2cc(C(/C=C\C)=NC(=C)C(C)(C)CO)ncc2C)c(=O)c1Cl)/C(F)=C\C(F)=C/C. The Labute approximate surface area is 233 Å². The van der Waals surface area contributed by atoms with Crippen molar-refractivity contribution in [3.05, 3.63) is 111 Å². The molecule has 0 amide bonds. The Bertz CT molecular complexity index is 1450. The van der Waals surface area contributed by atoms with E-state index in [1.807, 2.05) is 20.8 Å². The van der Waals surface area contributed by atoms with Crippen molar-refractivity contribution in [1.82, 2.24) is 9.55 Å². The second-order valence-electron chi connectivity index (χ2n) is 9.50. The molecule has 0 radical (unpaired) electrons. The number of pyridine rings is 2. The van der Waals surface area contributed by atoms with Gasteiger partial charge in [-0.1, -0.05) is 50.8 Å². The van der Waals surface area contributed by atoms with E-state index in [-0.39, 0.29) is 29.6 Å². The number of aliphatic imine (C=N–C) groups is 1. The van der Waals surface area contributed by atoms with Crippen LogP contribution in [0.5, 0.6) is 5.75 Å². The van der Waals surface area contributed by atoms with Crippen LogP contribution in [-0.4, -0.2) is 33.6 Å². The Kier molecular flexibility index (Phi) is 10.9. The van der Waals surface area contributed by atoms with Crippen LogP contribution in [0.25, 0.3) is 5.69 Å². The number of rotatable bonds is 11. The fourth-order valence-corrected chi connectivity index (χ4v) is 3.44. The number of aryl methyl sites for hydroxylation is 2. The number of allylic oxidation sites excluding steroid dienone is 5. The molecule has 0 fully saturated rings. The molecule has 2 aromatic rings. The third-order valence-electron chi connectivity index (χ3n) is 5.91. The summed E-state index contributed by atoms with van der Waals surface area (Å²) < 4.78 is 34.4. The third-order valence-corrected chi connectivity index (χ3v) is 6.26. The van der Waals surface area contributed by atoms with Crippen LogP contribution >= 0.6 is 11.6 Å². The largest absolute Gasteiger partial charge is 0.487 e. The van der Waals surface area contributed by atoms with Crippen LogP contribution in [-0.2, 0) is 0 Å². The molecule has 208 valence electrons. The summed E-state index contributed by atoms with van der Waals surface area (Å²) in [4.78, 5) is 22.5.